The van der Waals surface area contributed by atoms with Crippen molar-refractivity contribution in [3.8, 4) is 0 Å². The van der Waals surface area contributed by atoms with Crippen LogP contribution in [0.5, 0.6) is 0 Å². The summed E-state index contributed by atoms with van der Waals surface area (Å²) in [5.41, 5.74) is 3.81. The van der Waals surface area contributed by atoms with E-state index in [0.29, 0.717) is 28.8 Å². The summed E-state index contributed by atoms with van der Waals surface area (Å²) in [6.45, 7) is 3.79. The SMILES string of the molecule is Cc1ccc(Cc2n[nH]c(=O)c3c(C)noc23)cc1. The van der Waals surface area contributed by atoms with Gasteiger partial charge in [-0.2, -0.15) is 5.10 Å². The number of aromatic nitrogens is 3. The molecule has 0 aliphatic rings. The fourth-order valence-electron chi connectivity index (χ4n) is 2.08. The molecule has 3 rings (SSSR count). The van der Waals surface area contributed by atoms with Crippen molar-refractivity contribution in [1.29, 1.82) is 0 Å². The molecule has 5 nitrogen and oxygen atoms in total. The molecule has 0 amide bonds. The van der Waals surface area contributed by atoms with Gasteiger partial charge >= 0.3 is 0 Å². The van der Waals surface area contributed by atoms with Gasteiger partial charge in [0, 0.05) is 6.42 Å². The third-order valence-electron chi connectivity index (χ3n) is 3.14. The number of rotatable bonds is 2. The van der Waals surface area contributed by atoms with Gasteiger partial charge < -0.3 is 4.52 Å². The van der Waals surface area contributed by atoms with Crippen molar-refractivity contribution in [2.75, 3.05) is 0 Å². The number of benzene rings is 1. The van der Waals surface area contributed by atoms with Crippen molar-refractivity contribution in [2.45, 2.75) is 20.3 Å². The molecule has 0 spiro atoms. The Morgan fingerprint density at radius 1 is 1.21 bits per heavy atom. The summed E-state index contributed by atoms with van der Waals surface area (Å²) in [4.78, 5) is 11.7. The number of aryl methyl sites for hydroxylation is 2. The summed E-state index contributed by atoms with van der Waals surface area (Å²) >= 11 is 0. The minimum Gasteiger partial charge on any atom is -0.354 e. The zero-order chi connectivity index (χ0) is 13.4. The standard InChI is InChI=1S/C14H13N3O2/c1-8-3-5-10(6-4-8)7-11-13-12(9(2)17-19-13)14(18)16-15-11/h3-6H,7H2,1-2H3,(H,16,18). The third-order valence-corrected chi connectivity index (χ3v) is 3.14. The monoisotopic (exact) mass is 255 g/mol. The van der Waals surface area contributed by atoms with Crippen molar-refractivity contribution in [1.82, 2.24) is 15.4 Å². The topological polar surface area (TPSA) is 71.8 Å². The first kappa shape index (κ1) is 11.6. The van der Waals surface area contributed by atoms with Crippen LogP contribution in [0.1, 0.15) is 22.5 Å². The third kappa shape index (κ3) is 2.03. The van der Waals surface area contributed by atoms with Crippen molar-refractivity contribution in [3.63, 3.8) is 0 Å². The highest BCUT2D eigenvalue weighted by atomic mass is 16.5. The smallest absolute Gasteiger partial charge is 0.277 e. The molecule has 0 radical (unpaired) electrons. The van der Waals surface area contributed by atoms with E-state index in [4.69, 9.17) is 4.52 Å². The van der Waals surface area contributed by atoms with Crippen LogP contribution in [0.4, 0.5) is 0 Å². The van der Waals surface area contributed by atoms with Crippen molar-refractivity contribution in [3.05, 3.63) is 57.1 Å². The van der Waals surface area contributed by atoms with Gasteiger partial charge in [-0.3, -0.25) is 4.79 Å². The molecule has 1 aromatic carbocycles. The lowest BCUT2D eigenvalue weighted by Gasteiger charge is -2.01. The minimum absolute atomic E-state index is 0.263. The minimum atomic E-state index is -0.263. The first-order valence-corrected chi connectivity index (χ1v) is 6.04. The maximum absolute atomic E-state index is 11.7. The van der Waals surface area contributed by atoms with E-state index in [1.807, 2.05) is 31.2 Å². The number of fused-ring (bicyclic) bond motifs is 1. The second-order valence-electron chi connectivity index (χ2n) is 4.63. The van der Waals surface area contributed by atoms with Crippen LogP contribution in [0.3, 0.4) is 0 Å². The molecular weight excluding hydrogens is 242 g/mol. The van der Waals surface area contributed by atoms with Gasteiger partial charge in [-0.25, -0.2) is 5.10 Å². The lowest BCUT2D eigenvalue weighted by Crippen LogP contribution is -2.11. The molecule has 2 heterocycles. The molecule has 3 aromatic rings. The molecule has 0 fully saturated rings. The Morgan fingerprint density at radius 3 is 2.68 bits per heavy atom. The predicted molar refractivity (Wildman–Crippen MR) is 71.1 cm³/mol. The van der Waals surface area contributed by atoms with Gasteiger partial charge in [0.1, 0.15) is 11.1 Å². The number of nitrogens with zero attached hydrogens (tertiary/aromatic N) is 2. The number of nitrogens with one attached hydrogen (secondary N) is 1. The number of hydrogen-bond acceptors (Lipinski definition) is 4. The van der Waals surface area contributed by atoms with E-state index in [0.717, 1.165) is 5.56 Å². The molecule has 19 heavy (non-hydrogen) atoms. The molecule has 2 aromatic heterocycles. The van der Waals surface area contributed by atoms with Gasteiger partial charge in [0.2, 0.25) is 0 Å². The maximum Gasteiger partial charge on any atom is 0.277 e. The molecule has 0 bridgehead atoms. The van der Waals surface area contributed by atoms with Crippen LogP contribution >= 0.6 is 0 Å². The Bertz CT molecular complexity index is 785. The van der Waals surface area contributed by atoms with Gasteiger partial charge in [-0.05, 0) is 19.4 Å². The highest BCUT2D eigenvalue weighted by molar-refractivity contribution is 5.79. The maximum atomic E-state index is 11.7. The Hall–Kier alpha value is -2.43. The Morgan fingerprint density at radius 2 is 1.95 bits per heavy atom. The summed E-state index contributed by atoms with van der Waals surface area (Å²) in [6.07, 6.45) is 0.599. The van der Waals surface area contributed by atoms with E-state index in [9.17, 15) is 4.79 Å². The molecule has 0 saturated carbocycles. The molecule has 5 heteroatoms. The summed E-state index contributed by atoms with van der Waals surface area (Å²) in [5.74, 6) is 0. The largest absolute Gasteiger partial charge is 0.354 e. The molecule has 0 aliphatic carbocycles. The molecule has 0 saturated heterocycles. The van der Waals surface area contributed by atoms with Gasteiger partial charge in [0.05, 0.1) is 5.69 Å². The quantitative estimate of drug-likeness (QED) is 0.761. The molecule has 96 valence electrons. The second-order valence-corrected chi connectivity index (χ2v) is 4.63. The first-order chi connectivity index (χ1) is 9.15. The van der Waals surface area contributed by atoms with Crippen molar-refractivity contribution in [2.24, 2.45) is 0 Å². The Balaban J connectivity index is 2.08. The fraction of sp³-hybridized carbons (Fsp3) is 0.214. The molecule has 0 aliphatic heterocycles. The summed E-state index contributed by atoms with van der Waals surface area (Å²) in [6, 6.07) is 8.17. The lowest BCUT2D eigenvalue weighted by molar-refractivity contribution is 0.446. The fourth-order valence-corrected chi connectivity index (χ4v) is 2.08. The number of aromatic amines is 1. The average molecular weight is 255 g/mol. The van der Waals surface area contributed by atoms with Gasteiger partial charge in [-0.15, -0.1) is 0 Å². The van der Waals surface area contributed by atoms with Crippen LogP contribution in [-0.4, -0.2) is 15.4 Å². The van der Waals surface area contributed by atoms with E-state index in [-0.39, 0.29) is 5.56 Å². The molecule has 0 atom stereocenters. The summed E-state index contributed by atoms with van der Waals surface area (Å²) < 4.78 is 5.22. The van der Waals surface area contributed by atoms with Crippen LogP contribution in [-0.2, 0) is 6.42 Å². The zero-order valence-electron chi connectivity index (χ0n) is 10.7. The van der Waals surface area contributed by atoms with Crippen LogP contribution < -0.4 is 5.56 Å². The number of H-pyrrole nitrogens is 1. The Kier molecular flexibility index (Phi) is 2.67. The highest BCUT2D eigenvalue weighted by Gasteiger charge is 2.14. The lowest BCUT2D eigenvalue weighted by atomic mass is 10.1. The van der Waals surface area contributed by atoms with Gasteiger partial charge in [0.15, 0.2) is 5.58 Å². The van der Waals surface area contributed by atoms with Gasteiger partial charge in [0.25, 0.3) is 5.56 Å². The number of hydrogen-bond donors (Lipinski definition) is 1. The zero-order valence-corrected chi connectivity index (χ0v) is 10.7. The highest BCUT2D eigenvalue weighted by Crippen LogP contribution is 2.18. The molecular formula is C14H13N3O2. The van der Waals surface area contributed by atoms with Crippen molar-refractivity contribution < 1.29 is 4.52 Å². The average Bonchev–Trinajstić information content (AvgIpc) is 2.79. The van der Waals surface area contributed by atoms with E-state index >= 15 is 0 Å². The van der Waals surface area contributed by atoms with Gasteiger partial charge in [-0.1, -0.05) is 35.0 Å². The Labute approximate surface area is 109 Å². The predicted octanol–water partition coefficient (Wildman–Crippen LogP) is 2.12. The summed E-state index contributed by atoms with van der Waals surface area (Å²) in [7, 11) is 0. The molecule has 1 N–H and O–H groups in total. The van der Waals surface area contributed by atoms with E-state index < -0.39 is 0 Å². The van der Waals surface area contributed by atoms with E-state index in [1.165, 1.54) is 5.56 Å². The summed E-state index contributed by atoms with van der Waals surface area (Å²) in [5, 5.41) is 10.9. The van der Waals surface area contributed by atoms with E-state index in [1.54, 1.807) is 6.92 Å². The van der Waals surface area contributed by atoms with E-state index in [2.05, 4.69) is 15.4 Å². The normalized spacial score (nSPS) is 11.1. The van der Waals surface area contributed by atoms with Crippen LogP contribution in [0.15, 0.2) is 33.6 Å². The second kappa shape index (κ2) is 4.35. The first-order valence-electron chi connectivity index (χ1n) is 6.04. The van der Waals surface area contributed by atoms with Crippen molar-refractivity contribution >= 4 is 11.0 Å². The molecule has 0 unspecified atom stereocenters. The van der Waals surface area contributed by atoms with Crippen LogP contribution in [0.2, 0.25) is 0 Å². The van der Waals surface area contributed by atoms with Crippen LogP contribution in [0.25, 0.3) is 11.0 Å². The van der Waals surface area contributed by atoms with Crippen LogP contribution in [0, 0.1) is 13.8 Å².